The lowest BCUT2D eigenvalue weighted by Gasteiger charge is -2.27. The van der Waals surface area contributed by atoms with E-state index < -0.39 is 0 Å². The second-order valence-electron chi connectivity index (χ2n) is 24.7. The molecule has 384 valence electrons. The lowest BCUT2D eigenvalue weighted by atomic mass is 9.83. The van der Waals surface area contributed by atoms with Gasteiger partial charge < -0.3 is 4.90 Å². The summed E-state index contributed by atoms with van der Waals surface area (Å²) in [7, 11) is 0. The van der Waals surface area contributed by atoms with Gasteiger partial charge in [-0.15, -0.1) is 0 Å². The van der Waals surface area contributed by atoms with Gasteiger partial charge in [-0.05, 0) is 188 Å². The van der Waals surface area contributed by atoms with Crippen LogP contribution in [0.25, 0.3) is 141 Å². The third kappa shape index (κ3) is 7.11. The van der Waals surface area contributed by atoms with Crippen LogP contribution < -0.4 is 4.90 Å². The van der Waals surface area contributed by atoms with Gasteiger partial charge in [0, 0.05) is 16.8 Å². The predicted molar refractivity (Wildman–Crippen MR) is 351 cm³/mol. The fourth-order valence-corrected chi connectivity index (χ4v) is 14.1. The summed E-state index contributed by atoms with van der Waals surface area (Å²) >= 11 is 0. The summed E-state index contributed by atoms with van der Waals surface area (Å²) in [6.45, 7) is 13.9. The van der Waals surface area contributed by atoms with Crippen molar-refractivity contribution >= 4 is 114 Å². The molecule has 0 unspecified atom stereocenters. The molecule has 0 fully saturated rings. The van der Waals surface area contributed by atoms with E-state index in [1.165, 1.54) is 153 Å². The summed E-state index contributed by atoms with van der Waals surface area (Å²) in [6, 6.07) is 94.3. The van der Waals surface area contributed by atoms with Crippen molar-refractivity contribution in [1.29, 1.82) is 0 Å². The van der Waals surface area contributed by atoms with E-state index in [4.69, 9.17) is 0 Å². The summed E-state index contributed by atoms with van der Waals surface area (Å²) in [5, 5.41) is 23.6. The van der Waals surface area contributed by atoms with Crippen molar-refractivity contribution in [3.8, 4) is 44.5 Å². The Hall–Kier alpha value is -9.56. The first-order chi connectivity index (χ1) is 39.5. The van der Waals surface area contributed by atoms with E-state index in [1.807, 2.05) is 0 Å². The van der Waals surface area contributed by atoms with Crippen LogP contribution in [-0.2, 0) is 10.8 Å². The van der Waals surface area contributed by atoms with Crippen LogP contribution in [0.15, 0.2) is 249 Å². The highest BCUT2D eigenvalue weighted by molar-refractivity contribution is 6.49. The van der Waals surface area contributed by atoms with E-state index >= 15 is 0 Å². The molecule has 16 aromatic rings. The Morgan fingerprint density at radius 1 is 0.222 bits per heavy atom. The van der Waals surface area contributed by atoms with Crippen molar-refractivity contribution in [1.82, 2.24) is 0 Å². The van der Waals surface area contributed by atoms with Crippen LogP contribution in [0.1, 0.15) is 52.7 Å². The van der Waals surface area contributed by atoms with E-state index in [-0.39, 0.29) is 10.8 Å². The first kappa shape index (κ1) is 47.4. The Bertz CT molecular complexity index is 4820. The average molecular weight is 1030 g/mol. The van der Waals surface area contributed by atoms with Gasteiger partial charge in [-0.2, -0.15) is 0 Å². The van der Waals surface area contributed by atoms with Crippen LogP contribution >= 0.6 is 0 Å². The fraction of sp³-hybridized carbons (Fsp3) is 0.100. The number of rotatable bonds is 7. The number of benzene rings is 14. The molecule has 0 atom stereocenters. The Morgan fingerprint density at radius 2 is 0.556 bits per heavy atom. The minimum Gasteiger partial charge on any atom is -0.310 e. The average Bonchev–Trinajstić information content (AvgIpc) is 4.18. The van der Waals surface area contributed by atoms with Gasteiger partial charge in [0.2, 0.25) is 0 Å². The molecule has 1 heteroatoms. The molecule has 0 heterocycles. The first-order valence-electron chi connectivity index (χ1n) is 28.7. The second-order valence-corrected chi connectivity index (χ2v) is 24.7. The molecule has 0 saturated carbocycles. The monoisotopic (exact) mass is 1030 g/mol. The van der Waals surface area contributed by atoms with Gasteiger partial charge in [-0.3, -0.25) is 0 Å². The summed E-state index contributed by atoms with van der Waals surface area (Å²) < 4.78 is 0. The molecule has 0 aliphatic heterocycles. The summed E-state index contributed by atoms with van der Waals surface area (Å²) in [4.78, 5) is 2.47. The van der Waals surface area contributed by atoms with E-state index in [1.54, 1.807) is 0 Å². The molecule has 0 spiro atoms. The van der Waals surface area contributed by atoms with Crippen molar-refractivity contribution in [2.45, 2.75) is 52.4 Å². The molecule has 0 radical (unpaired) electrons. The number of hydrogen-bond donors (Lipinski definition) is 0. The second kappa shape index (κ2) is 17.5. The molecule has 16 rings (SSSR count). The maximum atomic E-state index is 2.47. The minimum atomic E-state index is 0.000873. The normalized spacial score (nSPS) is 12.6. The van der Waals surface area contributed by atoms with Crippen LogP contribution in [0.3, 0.4) is 0 Å². The summed E-state index contributed by atoms with van der Waals surface area (Å²) in [5.74, 6) is 0. The quantitative estimate of drug-likeness (QED) is 0.114. The van der Waals surface area contributed by atoms with Crippen LogP contribution in [0.2, 0.25) is 0 Å². The highest BCUT2D eigenvalue weighted by Crippen LogP contribution is 2.58. The zero-order valence-electron chi connectivity index (χ0n) is 46.6. The minimum absolute atomic E-state index is 0.000873. The highest BCUT2D eigenvalue weighted by atomic mass is 15.1. The van der Waals surface area contributed by atoms with Crippen molar-refractivity contribution in [2.24, 2.45) is 0 Å². The molecule has 1 nitrogen and oxygen atoms in total. The van der Waals surface area contributed by atoms with E-state index in [0.29, 0.717) is 0 Å². The zero-order valence-corrected chi connectivity index (χ0v) is 46.6. The van der Waals surface area contributed by atoms with Gasteiger partial charge in [0.05, 0.1) is 5.69 Å². The van der Waals surface area contributed by atoms with Crippen molar-refractivity contribution < 1.29 is 0 Å². The van der Waals surface area contributed by atoms with Gasteiger partial charge in [0.25, 0.3) is 0 Å². The lowest BCUT2D eigenvalue weighted by Crippen LogP contribution is -2.10. The van der Waals surface area contributed by atoms with Gasteiger partial charge in [0.1, 0.15) is 0 Å². The van der Waals surface area contributed by atoms with Crippen molar-refractivity contribution in [3.63, 3.8) is 0 Å². The topological polar surface area (TPSA) is 3.24 Å². The molecule has 0 amide bonds. The summed E-state index contributed by atoms with van der Waals surface area (Å²) in [6.07, 6.45) is 0. The molecular formula is C80H59N. The van der Waals surface area contributed by atoms with Crippen LogP contribution in [-0.4, -0.2) is 0 Å². The van der Waals surface area contributed by atoms with E-state index in [9.17, 15) is 0 Å². The molecule has 0 saturated heterocycles. The highest BCUT2D eigenvalue weighted by Gasteiger charge is 2.31. The van der Waals surface area contributed by atoms with Gasteiger partial charge in [-0.1, -0.05) is 260 Å². The summed E-state index contributed by atoms with van der Waals surface area (Å²) in [5.41, 5.74) is 15.9. The zero-order chi connectivity index (χ0) is 54.5. The molecule has 0 bridgehead atoms. The Balaban J connectivity index is 1.05. The van der Waals surface area contributed by atoms with Gasteiger partial charge >= 0.3 is 0 Å². The number of nitrogens with zero attached hydrogens (tertiary/aromatic N) is 1. The Kier molecular flexibility index (Phi) is 10.2. The number of anilines is 3. The predicted octanol–water partition coefficient (Wildman–Crippen LogP) is 23.1. The lowest BCUT2D eigenvalue weighted by molar-refractivity contribution is 0.590. The van der Waals surface area contributed by atoms with Crippen molar-refractivity contribution in [2.75, 3.05) is 4.90 Å². The molecule has 0 N–H and O–H groups in total. The van der Waals surface area contributed by atoms with E-state index in [0.717, 1.165) is 17.1 Å². The molecule has 81 heavy (non-hydrogen) atoms. The van der Waals surface area contributed by atoms with Crippen LogP contribution in [0.4, 0.5) is 17.1 Å². The van der Waals surface area contributed by atoms with Crippen molar-refractivity contribution in [3.05, 3.63) is 260 Å². The Morgan fingerprint density at radius 3 is 1.01 bits per heavy atom. The Labute approximate surface area is 473 Å². The molecule has 16 aromatic carbocycles. The smallest absolute Gasteiger partial charge is 0.0540 e. The van der Waals surface area contributed by atoms with Crippen LogP contribution in [0, 0.1) is 0 Å². The van der Waals surface area contributed by atoms with E-state index in [2.05, 4.69) is 295 Å². The third-order valence-electron chi connectivity index (χ3n) is 18.0. The fourth-order valence-electron chi connectivity index (χ4n) is 14.1. The van der Waals surface area contributed by atoms with Gasteiger partial charge in [0.15, 0.2) is 0 Å². The number of hydrogen-bond acceptors (Lipinski definition) is 1. The molecule has 0 aromatic heterocycles. The standard InChI is InChI=1S/C80H59N/c1-79(2,3)55-34-26-53(27-35-55)70-75-64-25-15-24-63-68(81(57-38-30-50(31-39-57)48-16-9-7-10-17-48)58-40-32-51(33-41-58)49-18-11-8-12-19-49)47-46-65(72(63)64)76(75)71(54-28-36-56(37-29-54)80(4,5)6)78-67-45-43-62-60-23-14-21-52-20-13-22-59(69(52)60)61-42-44-66(77(70)78)74(67)73(61)62/h7-47H,1-6H3. The van der Waals surface area contributed by atoms with Gasteiger partial charge in [-0.25, -0.2) is 0 Å². The molecular weight excluding hydrogens is 975 g/mol. The third-order valence-corrected chi connectivity index (χ3v) is 18.0. The maximum absolute atomic E-state index is 2.47. The molecule has 0 aliphatic carbocycles. The SMILES string of the molecule is CC(C)(C)c1ccc(-c2c3c4cccc5c(N(c6ccc(-c7ccccc7)cc6)c6ccc(-c7ccccc7)cc6)ccc(c3c(-c3ccc(C(C)(C)C)cc3)c3c6ccc7c8cccc9cccc(c%10ccc(c23)c6c%107)c98)c54)cc1. The molecule has 0 aliphatic rings. The number of fused-ring (bicyclic) bond motifs is 8. The largest absolute Gasteiger partial charge is 0.310 e. The first-order valence-corrected chi connectivity index (χ1v) is 28.7. The maximum Gasteiger partial charge on any atom is 0.0540 e. The van der Waals surface area contributed by atoms with Crippen LogP contribution in [0.5, 0.6) is 0 Å².